The lowest BCUT2D eigenvalue weighted by Crippen LogP contribution is -2.33. The summed E-state index contributed by atoms with van der Waals surface area (Å²) in [5.41, 5.74) is 3.15. The van der Waals surface area contributed by atoms with E-state index in [4.69, 9.17) is 26.2 Å². The Hall–Kier alpha value is -4.62. The molecule has 0 aliphatic carbocycles. The minimum atomic E-state index is -3.05. The Kier molecular flexibility index (Phi) is 9.19. The molecule has 0 saturated carbocycles. The number of hydrogen-bond acceptors (Lipinski definition) is 9. The van der Waals surface area contributed by atoms with Crippen molar-refractivity contribution < 1.29 is 23.0 Å². The second-order valence-corrected chi connectivity index (χ2v) is 9.56. The van der Waals surface area contributed by atoms with Crippen LogP contribution in [0, 0.1) is 0 Å². The van der Waals surface area contributed by atoms with Gasteiger partial charge in [-0.1, -0.05) is 17.7 Å². The van der Waals surface area contributed by atoms with Crippen molar-refractivity contribution in [2.75, 3.05) is 25.0 Å². The first-order chi connectivity index (χ1) is 20.4. The number of nitrogens with one attached hydrogen (secondary N) is 1. The number of hydrogen-bond donors (Lipinski definition) is 1. The van der Waals surface area contributed by atoms with E-state index in [0.717, 1.165) is 5.56 Å². The van der Waals surface area contributed by atoms with E-state index in [2.05, 4.69) is 20.4 Å². The van der Waals surface area contributed by atoms with Crippen LogP contribution in [0.4, 0.5) is 20.2 Å². The normalized spacial score (nSPS) is 11.4. The van der Waals surface area contributed by atoms with Gasteiger partial charge in [0.25, 0.3) is 0 Å². The topological polar surface area (TPSA) is 112 Å². The Morgan fingerprint density at radius 3 is 2.83 bits per heavy atom. The first-order valence-corrected chi connectivity index (χ1v) is 13.4. The number of alkyl halides is 2. The highest BCUT2D eigenvalue weighted by molar-refractivity contribution is 6.31. The molecule has 0 saturated heterocycles. The highest BCUT2D eigenvalue weighted by Gasteiger charge is 2.21. The van der Waals surface area contributed by atoms with E-state index >= 15 is 0 Å². The van der Waals surface area contributed by atoms with E-state index in [0.29, 0.717) is 47.4 Å². The first-order valence-electron chi connectivity index (χ1n) is 13.0. The molecule has 218 valence electrons. The number of pyridine rings is 1. The molecular formula is C28H27ClF2N8O3. The van der Waals surface area contributed by atoms with Gasteiger partial charge in [0.2, 0.25) is 0 Å². The Bertz CT molecular complexity index is 1650. The zero-order valence-electron chi connectivity index (χ0n) is 22.5. The molecule has 0 aliphatic heterocycles. The van der Waals surface area contributed by atoms with Crippen LogP contribution in [-0.2, 0) is 22.6 Å². The monoisotopic (exact) mass is 596 g/mol. The molecule has 5 rings (SSSR count). The third kappa shape index (κ3) is 7.17. The van der Waals surface area contributed by atoms with Crippen LogP contribution in [0.15, 0.2) is 73.6 Å². The van der Waals surface area contributed by atoms with Gasteiger partial charge in [0.05, 0.1) is 31.6 Å². The molecule has 0 atom stereocenters. The van der Waals surface area contributed by atoms with Crippen molar-refractivity contribution in [3.05, 3.63) is 84.2 Å². The van der Waals surface area contributed by atoms with Gasteiger partial charge in [-0.2, -0.15) is 19.0 Å². The second-order valence-electron chi connectivity index (χ2n) is 9.12. The summed E-state index contributed by atoms with van der Waals surface area (Å²) in [6.45, 7) is 0.284. The number of carbonyl (C=O) groups excluding carboxylic acids is 1. The third-order valence-electron chi connectivity index (χ3n) is 6.16. The first kappa shape index (κ1) is 28.9. The largest absolute Gasteiger partial charge is 0.465 e. The summed E-state index contributed by atoms with van der Waals surface area (Å²) in [6, 6.07) is 9.86. The molecule has 11 nitrogen and oxygen atoms in total. The summed E-state index contributed by atoms with van der Waals surface area (Å²) in [6.07, 6.45) is 10.1. The number of halogens is 3. The Balaban J connectivity index is 1.47. The smallest absolute Gasteiger partial charge is 0.387 e. The maximum absolute atomic E-state index is 13.3. The molecule has 1 N–H and O–H groups in total. The van der Waals surface area contributed by atoms with E-state index in [-0.39, 0.29) is 30.4 Å². The fourth-order valence-corrected chi connectivity index (χ4v) is 4.54. The van der Waals surface area contributed by atoms with Crippen LogP contribution in [0.25, 0.3) is 16.9 Å². The highest BCUT2D eigenvalue weighted by atomic mass is 35.5. The lowest BCUT2D eigenvalue weighted by molar-refractivity contribution is -0.144. The van der Waals surface area contributed by atoms with Crippen molar-refractivity contribution in [2.45, 2.75) is 26.6 Å². The predicted molar refractivity (Wildman–Crippen MR) is 152 cm³/mol. The highest BCUT2D eigenvalue weighted by Crippen LogP contribution is 2.38. The number of fused-ring (bicyclic) bond motifs is 1. The molecule has 5 aromatic rings. The van der Waals surface area contributed by atoms with Gasteiger partial charge in [0.1, 0.15) is 17.1 Å². The summed E-state index contributed by atoms with van der Waals surface area (Å²) in [5, 5.41) is 12.6. The average Bonchev–Trinajstić information content (AvgIpc) is 3.57. The van der Waals surface area contributed by atoms with Crippen LogP contribution in [0.3, 0.4) is 0 Å². The molecule has 42 heavy (non-hydrogen) atoms. The number of anilines is 2. The fraction of sp³-hybridized carbons (Fsp3) is 0.250. The van der Waals surface area contributed by atoms with E-state index in [1.807, 2.05) is 17.0 Å². The third-order valence-corrected chi connectivity index (χ3v) is 6.39. The number of rotatable bonds is 13. The van der Waals surface area contributed by atoms with Crippen molar-refractivity contribution in [1.82, 2.24) is 34.3 Å². The van der Waals surface area contributed by atoms with Crippen LogP contribution in [0.1, 0.15) is 12.5 Å². The number of esters is 1. The minimum Gasteiger partial charge on any atom is -0.465 e. The molecular weight excluding hydrogens is 570 g/mol. The lowest BCUT2D eigenvalue weighted by Gasteiger charge is -2.21. The van der Waals surface area contributed by atoms with Crippen LogP contribution in [0.5, 0.6) is 5.75 Å². The molecule has 0 amide bonds. The van der Waals surface area contributed by atoms with Gasteiger partial charge in [0.15, 0.2) is 5.65 Å². The molecule has 14 heteroatoms. The van der Waals surface area contributed by atoms with Crippen molar-refractivity contribution in [1.29, 1.82) is 0 Å². The maximum Gasteiger partial charge on any atom is 0.387 e. The molecule has 0 unspecified atom stereocenters. The van der Waals surface area contributed by atoms with Crippen molar-refractivity contribution in [2.24, 2.45) is 0 Å². The number of aromatic nitrogens is 6. The summed E-state index contributed by atoms with van der Waals surface area (Å²) >= 11 is 6.26. The van der Waals surface area contributed by atoms with Gasteiger partial charge in [-0.25, -0.2) is 9.50 Å². The van der Waals surface area contributed by atoms with Crippen LogP contribution >= 0.6 is 11.6 Å². The SMILES string of the molecule is CCOC(=O)CN(CCn1cc(Nc2cnn3cccnc23)c(-c2cc(Cl)ccc2OC(F)F)n1)Cc1cccnc1. The van der Waals surface area contributed by atoms with E-state index in [1.165, 1.54) is 18.2 Å². The standard InChI is InChI=1S/C28H27ClF2N8O3/c1-2-41-25(40)18-37(16-19-5-3-8-32-14-19)11-12-38-17-23(35-22-15-34-39-10-4-9-33-27(22)39)26(36-38)21-13-20(29)6-7-24(21)42-28(30)31/h3-10,13-15,17,28,35H,2,11-12,16,18H2,1H3. The van der Waals surface area contributed by atoms with Crippen molar-refractivity contribution in [3.8, 4) is 17.0 Å². The Morgan fingerprint density at radius 1 is 1.17 bits per heavy atom. The molecule has 4 heterocycles. The van der Waals surface area contributed by atoms with Crippen LogP contribution in [-0.4, -0.2) is 66.5 Å². The van der Waals surface area contributed by atoms with E-state index in [1.54, 1.807) is 59.4 Å². The molecule has 4 aromatic heterocycles. The quantitative estimate of drug-likeness (QED) is 0.187. The predicted octanol–water partition coefficient (Wildman–Crippen LogP) is 5.05. The van der Waals surface area contributed by atoms with E-state index in [9.17, 15) is 13.6 Å². The van der Waals surface area contributed by atoms with E-state index < -0.39 is 6.61 Å². The molecule has 0 radical (unpaired) electrons. The maximum atomic E-state index is 13.3. The summed E-state index contributed by atoms with van der Waals surface area (Å²) < 4.78 is 39.8. The molecule has 0 bridgehead atoms. The van der Waals surface area contributed by atoms with Gasteiger partial charge >= 0.3 is 12.6 Å². The van der Waals surface area contributed by atoms with Crippen LogP contribution < -0.4 is 10.1 Å². The van der Waals surface area contributed by atoms with Crippen molar-refractivity contribution >= 4 is 34.6 Å². The van der Waals surface area contributed by atoms with Gasteiger partial charge in [-0.15, -0.1) is 0 Å². The number of ether oxygens (including phenoxy) is 2. The summed E-state index contributed by atoms with van der Waals surface area (Å²) in [5.74, 6) is -0.431. The lowest BCUT2D eigenvalue weighted by atomic mass is 10.1. The minimum absolute atomic E-state index is 0.0662. The zero-order chi connectivity index (χ0) is 29.5. The number of nitrogens with zero attached hydrogens (tertiary/aromatic N) is 7. The molecule has 0 fully saturated rings. The van der Waals surface area contributed by atoms with Gasteiger partial charge in [-0.05, 0) is 42.8 Å². The molecule has 0 aliphatic rings. The number of benzene rings is 1. The summed E-state index contributed by atoms with van der Waals surface area (Å²) in [7, 11) is 0. The average molecular weight is 597 g/mol. The van der Waals surface area contributed by atoms with Gasteiger partial charge < -0.3 is 14.8 Å². The second kappa shape index (κ2) is 13.4. The molecule has 0 spiro atoms. The Morgan fingerprint density at radius 2 is 2.05 bits per heavy atom. The van der Waals surface area contributed by atoms with Gasteiger partial charge in [0, 0.05) is 54.7 Å². The van der Waals surface area contributed by atoms with Crippen molar-refractivity contribution in [3.63, 3.8) is 0 Å². The van der Waals surface area contributed by atoms with Crippen LogP contribution in [0.2, 0.25) is 5.02 Å². The fourth-order valence-electron chi connectivity index (χ4n) is 4.37. The number of carbonyl (C=O) groups is 1. The van der Waals surface area contributed by atoms with Gasteiger partial charge in [-0.3, -0.25) is 19.4 Å². The Labute approximate surface area is 244 Å². The summed E-state index contributed by atoms with van der Waals surface area (Å²) in [4.78, 5) is 22.8. The zero-order valence-corrected chi connectivity index (χ0v) is 23.3. The molecule has 1 aromatic carbocycles.